The zero-order valence-corrected chi connectivity index (χ0v) is 9.53. The molecule has 0 aromatic heterocycles. The molecule has 2 unspecified atom stereocenters. The molecule has 0 saturated carbocycles. The Hall–Kier alpha value is -0.650. The Labute approximate surface area is 90.9 Å². The van der Waals surface area contributed by atoms with Crippen molar-refractivity contribution < 1.29 is 9.53 Å². The molecule has 0 spiro atoms. The van der Waals surface area contributed by atoms with Gasteiger partial charge in [-0.3, -0.25) is 4.79 Å². The van der Waals surface area contributed by atoms with E-state index in [1.165, 1.54) is 0 Å². The number of morpholine rings is 1. The number of rotatable bonds is 5. The van der Waals surface area contributed by atoms with Crippen molar-refractivity contribution in [3.63, 3.8) is 0 Å². The van der Waals surface area contributed by atoms with Gasteiger partial charge in [-0.15, -0.1) is 0 Å². The molecule has 0 aliphatic carbocycles. The molecule has 15 heavy (non-hydrogen) atoms. The number of likely N-dealkylation sites (N-methyl/N-ethyl adjacent to an activating group) is 1. The molecule has 0 bridgehead atoms. The summed E-state index contributed by atoms with van der Waals surface area (Å²) in [6.07, 6.45) is 0.226. The van der Waals surface area contributed by atoms with Gasteiger partial charge < -0.3 is 20.7 Å². The first-order valence-electron chi connectivity index (χ1n) is 5.39. The van der Waals surface area contributed by atoms with Gasteiger partial charge in [0, 0.05) is 32.1 Å². The van der Waals surface area contributed by atoms with Crippen LogP contribution in [0.25, 0.3) is 0 Å². The van der Waals surface area contributed by atoms with Crippen LogP contribution in [0.15, 0.2) is 0 Å². The van der Waals surface area contributed by atoms with E-state index in [1.54, 1.807) is 0 Å². The highest BCUT2D eigenvalue weighted by Gasteiger charge is 2.17. The summed E-state index contributed by atoms with van der Waals surface area (Å²) in [5.74, 6) is -0.379. The number of nitrogens with two attached hydrogens (primary N) is 1. The average Bonchev–Trinajstić information content (AvgIpc) is 2.17. The molecule has 5 nitrogen and oxygen atoms in total. The molecular weight excluding hydrogens is 194 g/mol. The van der Waals surface area contributed by atoms with E-state index in [0.29, 0.717) is 6.54 Å². The number of ether oxygens (including phenoxy) is 1. The van der Waals surface area contributed by atoms with E-state index in [2.05, 4.69) is 17.3 Å². The van der Waals surface area contributed by atoms with Gasteiger partial charge in [0.2, 0.25) is 5.91 Å². The molecule has 0 aromatic carbocycles. The standard InChI is InChI=1S/C10H21N3O2/c1-8(10(11)14)5-12-6-9-7-13(2)3-4-15-9/h8-9,12H,3-7H2,1-2H3,(H2,11,14). The van der Waals surface area contributed by atoms with Gasteiger partial charge in [0.05, 0.1) is 12.7 Å². The number of nitrogens with one attached hydrogen (secondary N) is 1. The van der Waals surface area contributed by atoms with Gasteiger partial charge in [-0.25, -0.2) is 0 Å². The summed E-state index contributed by atoms with van der Waals surface area (Å²) in [4.78, 5) is 13.0. The van der Waals surface area contributed by atoms with E-state index < -0.39 is 0 Å². The highest BCUT2D eigenvalue weighted by atomic mass is 16.5. The number of primary amides is 1. The minimum atomic E-state index is -0.260. The Balaban J connectivity index is 2.11. The fourth-order valence-electron chi connectivity index (χ4n) is 1.55. The van der Waals surface area contributed by atoms with Crippen LogP contribution in [0, 0.1) is 5.92 Å². The summed E-state index contributed by atoms with van der Waals surface area (Å²) in [7, 11) is 2.08. The maximum atomic E-state index is 10.8. The van der Waals surface area contributed by atoms with Crippen LogP contribution in [-0.2, 0) is 9.53 Å². The summed E-state index contributed by atoms with van der Waals surface area (Å²) in [6.45, 7) is 5.95. The molecule has 2 atom stereocenters. The highest BCUT2D eigenvalue weighted by Crippen LogP contribution is 2.01. The molecule has 5 heteroatoms. The van der Waals surface area contributed by atoms with Crippen LogP contribution >= 0.6 is 0 Å². The first-order valence-corrected chi connectivity index (χ1v) is 5.39. The monoisotopic (exact) mass is 215 g/mol. The van der Waals surface area contributed by atoms with E-state index in [1.807, 2.05) is 6.92 Å². The Kier molecular flexibility index (Phi) is 5.01. The van der Waals surface area contributed by atoms with Crippen LogP contribution in [-0.4, -0.2) is 56.7 Å². The summed E-state index contributed by atoms with van der Waals surface area (Å²) < 4.78 is 5.57. The Morgan fingerprint density at radius 1 is 1.73 bits per heavy atom. The Bertz CT molecular complexity index is 211. The lowest BCUT2D eigenvalue weighted by atomic mass is 10.1. The average molecular weight is 215 g/mol. The van der Waals surface area contributed by atoms with Gasteiger partial charge in [-0.1, -0.05) is 6.92 Å². The molecule has 1 saturated heterocycles. The van der Waals surface area contributed by atoms with Crippen molar-refractivity contribution in [3.05, 3.63) is 0 Å². The number of hydrogen-bond acceptors (Lipinski definition) is 4. The van der Waals surface area contributed by atoms with E-state index in [0.717, 1.165) is 26.2 Å². The molecule has 0 aromatic rings. The first kappa shape index (κ1) is 12.4. The lowest BCUT2D eigenvalue weighted by Gasteiger charge is -2.30. The third kappa shape index (κ3) is 4.59. The van der Waals surface area contributed by atoms with Crippen molar-refractivity contribution in [2.45, 2.75) is 13.0 Å². The third-order valence-electron chi connectivity index (χ3n) is 2.65. The second kappa shape index (κ2) is 6.05. The molecule has 3 N–H and O–H groups in total. The number of carbonyl (C=O) groups is 1. The normalized spacial score (nSPS) is 25.1. The second-order valence-electron chi connectivity index (χ2n) is 4.22. The molecule has 1 rings (SSSR count). The van der Waals surface area contributed by atoms with Crippen LogP contribution in [0.3, 0.4) is 0 Å². The molecule has 88 valence electrons. The maximum absolute atomic E-state index is 10.8. The highest BCUT2D eigenvalue weighted by molar-refractivity contribution is 5.76. The van der Waals surface area contributed by atoms with Crippen LogP contribution in [0.5, 0.6) is 0 Å². The molecule has 1 fully saturated rings. The maximum Gasteiger partial charge on any atom is 0.221 e. The molecule has 1 aliphatic heterocycles. The fraction of sp³-hybridized carbons (Fsp3) is 0.900. The zero-order chi connectivity index (χ0) is 11.3. The third-order valence-corrected chi connectivity index (χ3v) is 2.65. The van der Waals surface area contributed by atoms with Crippen molar-refractivity contribution in [2.24, 2.45) is 11.7 Å². The molecular formula is C10H21N3O2. The number of hydrogen-bond donors (Lipinski definition) is 2. The SMILES string of the molecule is CC(CNCC1CN(C)CCO1)C(N)=O. The van der Waals surface area contributed by atoms with Gasteiger partial charge in [0.25, 0.3) is 0 Å². The van der Waals surface area contributed by atoms with Crippen molar-refractivity contribution in [1.82, 2.24) is 10.2 Å². The largest absolute Gasteiger partial charge is 0.374 e. The summed E-state index contributed by atoms with van der Waals surface area (Å²) in [6, 6.07) is 0. The predicted molar refractivity (Wildman–Crippen MR) is 58.5 cm³/mol. The van der Waals surface area contributed by atoms with Crippen molar-refractivity contribution in [2.75, 3.05) is 39.8 Å². The Morgan fingerprint density at radius 3 is 3.07 bits per heavy atom. The van der Waals surface area contributed by atoms with E-state index in [9.17, 15) is 4.79 Å². The van der Waals surface area contributed by atoms with Crippen molar-refractivity contribution >= 4 is 5.91 Å². The van der Waals surface area contributed by atoms with Crippen molar-refractivity contribution in [3.8, 4) is 0 Å². The predicted octanol–water partition coefficient (Wildman–Crippen LogP) is -0.972. The number of carbonyl (C=O) groups excluding carboxylic acids is 1. The minimum Gasteiger partial charge on any atom is -0.374 e. The van der Waals surface area contributed by atoms with Crippen LogP contribution in [0.1, 0.15) is 6.92 Å². The van der Waals surface area contributed by atoms with Gasteiger partial charge in [-0.2, -0.15) is 0 Å². The van der Waals surface area contributed by atoms with E-state index in [4.69, 9.17) is 10.5 Å². The lowest BCUT2D eigenvalue weighted by molar-refractivity contribution is -0.121. The van der Waals surface area contributed by atoms with E-state index in [-0.39, 0.29) is 17.9 Å². The van der Waals surface area contributed by atoms with Crippen LogP contribution < -0.4 is 11.1 Å². The first-order chi connectivity index (χ1) is 7.09. The molecule has 0 radical (unpaired) electrons. The summed E-state index contributed by atoms with van der Waals surface area (Å²) >= 11 is 0. The molecule has 1 heterocycles. The number of amides is 1. The summed E-state index contributed by atoms with van der Waals surface area (Å²) in [5.41, 5.74) is 5.16. The minimum absolute atomic E-state index is 0.119. The smallest absolute Gasteiger partial charge is 0.221 e. The van der Waals surface area contributed by atoms with E-state index >= 15 is 0 Å². The van der Waals surface area contributed by atoms with Crippen LogP contribution in [0.4, 0.5) is 0 Å². The van der Waals surface area contributed by atoms with Gasteiger partial charge >= 0.3 is 0 Å². The van der Waals surface area contributed by atoms with Crippen LogP contribution in [0.2, 0.25) is 0 Å². The fourth-order valence-corrected chi connectivity index (χ4v) is 1.55. The van der Waals surface area contributed by atoms with Crippen molar-refractivity contribution in [1.29, 1.82) is 0 Å². The van der Waals surface area contributed by atoms with Gasteiger partial charge in [-0.05, 0) is 7.05 Å². The second-order valence-corrected chi connectivity index (χ2v) is 4.22. The topological polar surface area (TPSA) is 67.6 Å². The van der Waals surface area contributed by atoms with Gasteiger partial charge in [0.15, 0.2) is 0 Å². The number of nitrogens with zero attached hydrogens (tertiary/aromatic N) is 1. The Morgan fingerprint density at radius 2 is 2.47 bits per heavy atom. The quantitative estimate of drug-likeness (QED) is 0.619. The summed E-state index contributed by atoms with van der Waals surface area (Å²) in [5, 5.41) is 3.20. The molecule has 1 amide bonds. The van der Waals surface area contributed by atoms with Gasteiger partial charge in [0.1, 0.15) is 0 Å². The zero-order valence-electron chi connectivity index (χ0n) is 9.53. The lowest BCUT2D eigenvalue weighted by Crippen LogP contribution is -2.46. The molecule has 1 aliphatic rings.